The van der Waals surface area contributed by atoms with E-state index in [1.54, 1.807) is 38.5 Å². The van der Waals surface area contributed by atoms with Crippen LogP contribution >= 0.6 is 0 Å². The van der Waals surface area contributed by atoms with E-state index in [0.717, 1.165) is 22.4 Å². The summed E-state index contributed by atoms with van der Waals surface area (Å²) in [6, 6.07) is 20.4. The minimum absolute atomic E-state index is 0.111. The second-order valence-electron chi connectivity index (χ2n) is 7.93. The maximum absolute atomic E-state index is 13.5. The smallest absolute Gasteiger partial charge is 0.278 e. The molecule has 0 saturated carbocycles. The molecule has 168 valence electrons. The first kappa shape index (κ1) is 22.1. The zero-order chi connectivity index (χ0) is 23.5. The minimum atomic E-state index is -0.378. The van der Waals surface area contributed by atoms with Gasteiger partial charge in [0.1, 0.15) is 17.2 Å². The molecule has 6 nitrogen and oxygen atoms in total. The first-order chi connectivity index (χ1) is 15.9. The molecule has 0 aliphatic carbocycles. The summed E-state index contributed by atoms with van der Waals surface area (Å²) in [4.78, 5) is 28.3. The van der Waals surface area contributed by atoms with Crippen LogP contribution in [-0.2, 0) is 16.1 Å². The number of hydrogen-bond donors (Lipinski definition) is 1. The van der Waals surface area contributed by atoms with Crippen molar-refractivity contribution < 1.29 is 19.1 Å². The highest BCUT2D eigenvalue weighted by Crippen LogP contribution is 2.34. The van der Waals surface area contributed by atoms with Gasteiger partial charge >= 0.3 is 0 Å². The Balaban J connectivity index is 1.76. The second-order valence-corrected chi connectivity index (χ2v) is 7.93. The van der Waals surface area contributed by atoms with Crippen LogP contribution in [0.5, 0.6) is 11.5 Å². The number of benzene rings is 3. The Kier molecular flexibility index (Phi) is 6.18. The molecule has 0 aromatic heterocycles. The van der Waals surface area contributed by atoms with Gasteiger partial charge < -0.3 is 14.8 Å². The monoisotopic (exact) mass is 442 g/mol. The summed E-state index contributed by atoms with van der Waals surface area (Å²) in [6.07, 6.45) is 0. The van der Waals surface area contributed by atoms with Crippen molar-refractivity contribution in [2.75, 3.05) is 19.5 Å². The predicted molar refractivity (Wildman–Crippen MR) is 128 cm³/mol. The Bertz CT molecular complexity index is 1250. The molecule has 4 rings (SSSR count). The van der Waals surface area contributed by atoms with E-state index < -0.39 is 0 Å². The SMILES string of the molecule is COc1ccc(C2=C(Nc3ccc(C)cc3C)C(=O)N(Cc3ccccc3OC)C2=O)cc1. The number of imide groups is 1. The molecule has 0 saturated heterocycles. The summed E-state index contributed by atoms with van der Waals surface area (Å²) in [6.45, 7) is 4.09. The van der Waals surface area contributed by atoms with Gasteiger partial charge in [0, 0.05) is 11.3 Å². The van der Waals surface area contributed by atoms with E-state index in [0.29, 0.717) is 22.6 Å². The van der Waals surface area contributed by atoms with Crippen LogP contribution in [0.3, 0.4) is 0 Å². The van der Waals surface area contributed by atoms with Gasteiger partial charge in [0.2, 0.25) is 0 Å². The van der Waals surface area contributed by atoms with Crippen molar-refractivity contribution in [1.82, 2.24) is 4.90 Å². The average Bonchev–Trinajstić information content (AvgIpc) is 3.05. The topological polar surface area (TPSA) is 67.9 Å². The van der Waals surface area contributed by atoms with E-state index in [-0.39, 0.29) is 24.1 Å². The summed E-state index contributed by atoms with van der Waals surface area (Å²) in [7, 11) is 3.15. The van der Waals surface area contributed by atoms with Crippen LogP contribution < -0.4 is 14.8 Å². The van der Waals surface area contributed by atoms with Crippen LogP contribution in [0, 0.1) is 13.8 Å². The van der Waals surface area contributed by atoms with Crippen LogP contribution in [0.1, 0.15) is 22.3 Å². The number of nitrogens with one attached hydrogen (secondary N) is 1. The number of carbonyl (C=O) groups is 2. The molecule has 0 fully saturated rings. The third-order valence-corrected chi connectivity index (χ3v) is 5.71. The molecule has 0 spiro atoms. The zero-order valence-electron chi connectivity index (χ0n) is 19.1. The third-order valence-electron chi connectivity index (χ3n) is 5.71. The number of rotatable bonds is 7. The van der Waals surface area contributed by atoms with Gasteiger partial charge in [-0.25, -0.2) is 0 Å². The van der Waals surface area contributed by atoms with Crippen LogP contribution in [0.25, 0.3) is 5.57 Å². The third kappa shape index (κ3) is 4.32. The highest BCUT2D eigenvalue weighted by atomic mass is 16.5. The Labute approximate surface area is 193 Å². The summed E-state index contributed by atoms with van der Waals surface area (Å²) in [5.74, 6) is 0.561. The van der Waals surface area contributed by atoms with Gasteiger partial charge in [0.15, 0.2) is 0 Å². The molecule has 6 heteroatoms. The first-order valence-electron chi connectivity index (χ1n) is 10.6. The first-order valence-corrected chi connectivity index (χ1v) is 10.6. The lowest BCUT2D eigenvalue weighted by Crippen LogP contribution is -2.32. The summed E-state index contributed by atoms with van der Waals surface area (Å²) in [5, 5.41) is 3.24. The van der Waals surface area contributed by atoms with Gasteiger partial charge in [-0.15, -0.1) is 0 Å². The van der Waals surface area contributed by atoms with Crippen LogP contribution in [-0.4, -0.2) is 30.9 Å². The molecule has 0 radical (unpaired) electrons. The van der Waals surface area contributed by atoms with Gasteiger partial charge in [-0.1, -0.05) is 48.0 Å². The fourth-order valence-corrected chi connectivity index (χ4v) is 3.95. The summed E-state index contributed by atoms with van der Waals surface area (Å²) in [5.41, 5.74) is 4.87. The van der Waals surface area contributed by atoms with Crippen molar-refractivity contribution in [2.24, 2.45) is 0 Å². The molecular formula is C27H26N2O4. The molecule has 1 N–H and O–H groups in total. The highest BCUT2D eigenvalue weighted by molar-refractivity contribution is 6.36. The number of aryl methyl sites for hydroxylation is 2. The second kappa shape index (κ2) is 9.20. The number of anilines is 1. The number of hydrogen-bond acceptors (Lipinski definition) is 5. The maximum atomic E-state index is 13.5. The fraction of sp³-hybridized carbons (Fsp3) is 0.185. The van der Waals surface area contributed by atoms with Crippen molar-refractivity contribution in [3.63, 3.8) is 0 Å². The van der Waals surface area contributed by atoms with Crippen molar-refractivity contribution in [3.05, 3.63) is 94.7 Å². The van der Waals surface area contributed by atoms with E-state index in [4.69, 9.17) is 9.47 Å². The van der Waals surface area contributed by atoms with Gasteiger partial charge in [-0.2, -0.15) is 0 Å². The molecule has 3 aromatic rings. The van der Waals surface area contributed by atoms with Crippen LogP contribution in [0.4, 0.5) is 5.69 Å². The number of para-hydroxylation sites is 1. The van der Waals surface area contributed by atoms with Crippen molar-refractivity contribution in [1.29, 1.82) is 0 Å². The lowest BCUT2D eigenvalue weighted by Gasteiger charge is -2.17. The number of carbonyl (C=O) groups excluding carboxylic acids is 2. The van der Waals surface area contributed by atoms with Crippen molar-refractivity contribution in [2.45, 2.75) is 20.4 Å². The molecule has 0 bridgehead atoms. The number of nitrogens with zero attached hydrogens (tertiary/aromatic N) is 1. The van der Waals surface area contributed by atoms with Gasteiger partial charge in [0.25, 0.3) is 11.8 Å². The lowest BCUT2D eigenvalue weighted by atomic mass is 10.0. The van der Waals surface area contributed by atoms with E-state index in [9.17, 15) is 9.59 Å². The quantitative estimate of drug-likeness (QED) is 0.537. The number of ether oxygens (including phenoxy) is 2. The molecule has 2 amide bonds. The highest BCUT2D eigenvalue weighted by Gasteiger charge is 2.39. The van der Waals surface area contributed by atoms with E-state index in [1.807, 2.05) is 56.3 Å². The maximum Gasteiger partial charge on any atom is 0.278 e. The molecule has 1 aliphatic rings. The molecule has 33 heavy (non-hydrogen) atoms. The standard InChI is InChI=1S/C27H26N2O4/c1-17-9-14-22(18(2)15-17)28-25-24(19-10-12-21(32-3)13-11-19)26(30)29(27(25)31)16-20-7-5-6-8-23(20)33-4/h5-15,28H,16H2,1-4H3. The van der Waals surface area contributed by atoms with Crippen molar-refractivity contribution >= 4 is 23.1 Å². The minimum Gasteiger partial charge on any atom is -0.497 e. The molecule has 3 aromatic carbocycles. The molecule has 1 aliphatic heterocycles. The largest absolute Gasteiger partial charge is 0.497 e. The van der Waals surface area contributed by atoms with Crippen LogP contribution in [0.2, 0.25) is 0 Å². The molecule has 0 atom stereocenters. The Morgan fingerprint density at radius 1 is 0.848 bits per heavy atom. The van der Waals surface area contributed by atoms with Crippen LogP contribution in [0.15, 0.2) is 72.4 Å². The normalized spacial score (nSPS) is 13.5. The Hall–Kier alpha value is -4.06. The number of methoxy groups -OCH3 is 2. The fourth-order valence-electron chi connectivity index (χ4n) is 3.95. The molecule has 1 heterocycles. The predicted octanol–water partition coefficient (Wildman–Crippen LogP) is 4.71. The van der Waals surface area contributed by atoms with Crippen molar-refractivity contribution in [3.8, 4) is 11.5 Å². The lowest BCUT2D eigenvalue weighted by molar-refractivity contribution is -0.137. The van der Waals surface area contributed by atoms with E-state index in [2.05, 4.69) is 5.32 Å². The van der Waals surface area contributed by atoms with E-state index in [1.165, 1.54) is 4.90 Å². The van der Waals surface area contributed by atoms with Gasteiger partial charge in [0.05, 0.1) is 26.3 Å². The molecule has 0 unspecified atom stereocenters. The molecular weight excluding hydrogens is 416 g/mol. The van der Waals surface area contributed by atoms with Gasteiger partial charge in [-0.3, -0.25) is 14.5 Å². The zero-order valence-corrected chi connectivity index (χ0v) is 19.1. The Morgan fingerprint density at radius 3 is 2.24 bits per heavy atom. The van der Waals surface area contributed by atoms with Gasteiger partial charge in [-0.05, 0) is 49.2 Å². The Morgan fingerprint density at radius 2 is 1.58 bits per heavy atom. The number of amides is 2. The van der Waals surface area contributed by atoms with E-state index >= 15 is 0 Å². The average molecular weight is 443 g/mol. The summed E-state index contributed by atoms with van der Waals surface area (Å²) >= 11 is 0. The summed E-state index contributed by atoms with van der Waals surface area (Å²) < 4.78 is 10.7.